The first kappa shape index (κ1) is 23.8. The van der Waals surface area contributed by atoms with Gasteiger partial charge in [-0.25, -0.2) is 8.78 Å². The number of nitrogens with zero attached hydrogens (tertiary/aromatic N) is 4. The molecule has 0 saturated heterocycles. The van der Waals surface area contributed by atoms with E-state index in [1.807, 2.05) is 30.3 Å². The third-order valence-corrected chi connectivity index (χ3v) is 6.96. The van der Waals surface area contributed by atoms with E-state index in [1.165, 1.54) is 16.8 Å². The number of carboxylic acid groups (broad SMARTS) is 1. The smallest absolute Gasteiger partial charge is 0.341 e. The largest absolute Gasteiger partial charge is 0.481 e. The maximum absolute atomic E-state index is 14.7. The zero-order valence-corrected chi connectivity index (χ0v) is 19.1. The van der Waals surface area contributed by atoms with Gasteiger partial charge in [0.25, 0.3) is 0 Å². The molecule has 0 aliphatic carbocycles. The van der Waals surface area contributed by atoms with Gasteiger partial charge in [-0.3, -0.25) is 4.79 Å². The van der Waals surface area contributed by atoms with Gasteiger partial charge in [-0.15, -0.1) is 5.10 Å². The predicted molar refractivity (Wildman–Crippen MR) is 124 cm³/mol. The number of anilines is 1. The van der Waals surface area contributed by atoms with Crippen LogP contribution in [0.2, 0.25) is 0 Å². The molecule has 11 heteroatoms. The number of nitrogens with two attached hydrogens (primary N) is 1. The van der Waals surface area contributed by atoms with Crippen molar-refractivity contribution in [1.29, 1.82) is 0 Å². The van der Waals surface area contributed by atoms with Gasteiger partial charge < -0.3 is 15.3 Å². The molecule has 2 atom stereocenters. The van der Waals surface area contributed by atoms with E-state index in [0.29, 0.717) is 19.4 Å². The monoisotopic (exact) mass is 487 g/mol. The minimum Gasteiger partial charge on any atom is -0.481 e. The van der Waals surface area contributed by atoms with Gasteiger partial charge in [0.15, 0.2) is 0 Å². The summed E-state index contributed by atoms with van der Waals surface area (Å²) in [6.45, 7) is 2.09. The molecule has 1 aliphatic rings. The number of rotatable bonds is 9. The molecule has 0 amide bonds. The Kier molecular flexibility index (Phi) is 6.94. The van der Waals surface area contributed by atoms with Gasteiger partial charge in [0, 0.05) is 5.56 Å². The van der Waals surface area contributed by atoms with Crippen molar-refractivity contribution in [3.05, 3.63) is 77.2 Å². The summed E-state index contributed by atoms with van der Waals surface area (Å²) in [4.78, 5) is 10.6. The van der Waals surface area contributed by atoms with Crippen molar-refractivity contribution in [2.24, 2.45) is 10.8 Å². The van der Waals surface area contributed by atoms with Crippen molar-refractivity contribution in [1.82, 2.24) is 10.2 Å². The topological polar surface area (TPSA) is 118 Å². The Bertz CT molecular complexity index is 1210. The molecule has 0 fully saturated rings. The molecule has 0 spiro atoms. The van der Waals surface area contributed by atoms with Gasteiger partial charge >= 0.3 is 12.0 Å². The Morgan fingerprint density at radius 2 is 2.00 bits per heavy atom. The molecule has 0 saturated carbocycles. The molecule has 0 radical (unpaired) electrons. The van der Waals surface area contributed by atoms with E-state index >= 15 is 0 Å². The molecule has 1 aliphatic heterocycles. The maximum Gasteiger partial charge on any atom is 0.341 e. The lowest BCUT2D eigenvalue weighted by molar-refractivity contribution is -0.139. The maximum atomic E-state index is 14.7. The summed E-state index contributed by atoms with van der Waals surface area (Å²) in [5, 5.41) is 23.8. The van der Waals surface area contributed by atoms with Crippen LogP contribution in [0.25, 0.3) is 0 Å². The van der Waals surface area contributed by atoms with Crippen molar-refractivity contribution in [2.45, 2.75) is 37.0 Å². The third-order valence-electron chi connectivity index (χ3n) is 5.52. The fourth-order valence-corrected chi connectivity index (χ4v) is 5.21. The van der Waals surface area contributed by atoms with E-state index in [-0.39, 0.29) is 28.9 Å². The van der Waals surface area contributed by atoms with Gasteiger partial charge in [-0.1, -0.05) is 54.1 Å². The Balaban J connectivity index is 1.87. The number of carboxylic acids is 1. The molecule has 4 rings (SSSR count). The number of hydrogen-bond acceptors (Lipinski definition) is 8. The van der Waals surface area contributed by atoms with Crippen LogP contribution in [-0.2, 0) is 9.67 Å². The zero-order valence-electron chi connectivity index (χ0n) is 18.3. The summed E-state index contributed by atoms with van der Waals surface area (Å²) in [6, 6.07) is 12.5. The Labute approximate surface area is 198 Å². The number of benzene rings is 2. The van der Waals surface area contributed by atoms with Gasteiger partial charge in [0.1, 0.15) is 27.5 Å². The summed E-state index contributed by atoms with van der Waals surface area (Å²) in [7, 11) is 0. The van der Waals surface area contributed by atoms with Crippen LogP contribution in [0.5, 0.6) is 0 Å². The summed E-state index contributed by atoms with van der Waals surface area (Å²) in [5.41, 5.74) is 6.63. The fourth-order valence-electron chi connectivity index (χ4n) is 3.79. The van der Waals surface area contributed by atoms with Crippen molar-refractivity contribution in [2.75, 3.05) is 11.6 Å². The number of aliphatic carboxylic acids is 1. The molecular formula is C23H23F2N5O3S. The minimum atomic E-state index is -1.09. The van der Waals surface area contributed by atoms with Crippen LogP contribution in [0.15, 0.2) is 58.0 Å². The first-order chi connectivity index (χ1) is 16.4. The molecule has 0 bridgehead atoms. The van der Waals surface area contributed by atoms with E-state index in [2.05, 4.69) is 15.3 Å². The highest BCUT2D eigenvalue weighted by atomic mass is 32.2. The van der Waals surface area contributed by atoms with Crippen molar-refractivity contribution in [3.8, 4) is 0 Å². The summed E-state index contributed by atoms with van der Waals surface area (Å²) >= 11 is 1.23. The van der Waals surface area contributed by atoms with E-state index in [4.69, 9.17) is 10.2 Å². The Morgan fingerprint density at radius 1 is 1.24 bits per heavy atom. The Hall–Kier alpha value is -3.31. The molecular weight excluding hydrogens is 464 g/mol. The molecule has 3 N–H and O–H groups in total. The highest BCUT2D eigenvalue weighted by Gasteiger charge is 2.49. The number of halogens is 2. The van der Waals surface area contributed by atoms with E-state index < -0.39 is 28.4 Å². The molecule has 8 nitrogen and oxygen atoms in total. The lowest BCUT2D eigenvalue weighted by Gasteiger charge is -2.34. The first-order valence-corrected chi connectivity index (χ1v) is 11.6. The Morgan fingerprint density at radius 3 is 2.68 bits per heavy atom. The summed E-state index contributed by atoms with van der Waals surface area (Å²) in [5.74, 6) is -3.35. The van der Waals surface area contributed by atoms with Gasteiger partial charge in [0.2, 0.25) is 5.89 Å². The lowest BCUT2D eigenvalue weighted by atomic mass is 10.0. The van der Waals surface area contributed by atoms with Crippen molar-refractivity contribution in [3.63, 3.8) is 0 Å². The van der Waals surface area contributed by atoms with Gasteiger partial charge in [0.05, 0.1) is 0 Å². The minimum absolute atomic E-state index is 0.00253. The summed E-state index contributed by atoms with van der Waals surface area (Å²) in [6.07, 6.45) is 1.31. The molecule has 1 aromatic heterocycles. The fraction of sp³-hybridized carbons (Fsp3) is 0.304. The number of aromatic nitrogens is 2. The molecule has 2 heterocycles. The molecule has 34 heavy (non-hydrogen) atoms. The molecule has 2 aromatic carbocycles. The average molecular weight is 488 g/mol. The van der Waals surface area contributed by atoms with Crippen molar-refractivity contribution >= 4 is 28.8 Å². The van der Waals surface area contributed by atoms with Crippen molar-refractivity contribution < 1.29 is 23.1 Å². The average Bonchev–Trinajstić information content (AvgIpc) is 3.46. The van der Waals surface area contributed by atoms with E-state index in [9.17, 15) is 18.7 Å². The first-order valence-electron chi connectivity index (χ1n) is 10.7. The second-order valence-electron chi connectivity index (χ2n) is 7.71. The van der Waals surface area contributed by atoms with Gasteiger partial charge in [-0.2, -0.15) is 10.1 Å². The van der Waals surface area contributed by atoms with Gasteiger partial charge in [-0.05, 0) is 49.6 Å². The number of thioether (sulfide) groups is 1. The standard InChI is InChI=1S/C23H23F2N5O3S/c1-2-16(21(31)32)19-27-28-22(33-19)30-23(11-6-12-26,14-7-4-3-5-8-14)34-20(29-30)17-13-15(24)9-10-18(17)25/h3-5,7-10,13,16H,2,6,11-12,26H2,1H3,(H,31,32). The second-order valence-corrected chi connectivity index (χ2v) is 8.97. The predicted octanol–water partition coefficient (Wildman–Crippen LogP) is 4.43. The zero-order chi connectivity index (χ0) is 24.3. The van der Waals surface area contributed by atoms with Crippen LogP contribution in [0.4, 0.5) is 14.8 Å². The summed E-state index contributed by atoms with van der Waals surface area (Å²) < 4.78 is 34.5. The quantitative estimate of drug-likeness (QED) is 0.455. The normalized spacial score (nSPS) is 18.7. The SMILES string of the molecule is CCC(C(=O)O)c1nnc(N2N=C(c3cc(F)ccc3F)SC2(CCCN)c2ccccc2)o1. The van der Waals surface area contributed by atoms with E-state index in [1.54, 1.807) is 6.92 Å². The number of carbonyl (C=O) groups is 1. The number of hydrazone groups is 1. The second kappa shape index (κ2) is 9.90. The van der Waals surface area contributed by atoms with Crippen LogP contribution in [0, 0.1) is 11.6 Å². The van der Waals surface area contributed by atoms with Crippen LogP contribution < -0.4 is 10.7 Å². The van der Waals surface area contributed by atoms with Crippen LogP contribution in [0.1, 0.15) is 49.1 Å². The highest BCUT2D eigenvalue weighted by Crippen LogP contribution is 2.52. The molecule has 3 aromatic rings. The molecule has 178 valence electrons. The third kappa shape index (κ3) is 4.40. The van der Waals surface area contributed by atoms with Crippen LogP contribution in [-0.4, -0.2) is 32.9 Å². The number of hydrogen-bond donors (Lipinski definition) is 2. The van der Waals surface area contributed by atoms with Crippen LogP contribution in [0.3, 0.4) is 0 Å². The molecule has 2 unspecified atom stereocenters. The van der Waals surface area contributed by atoms with E-state index in [0.717, 1.165) is 23.8 Å². The lowest BCUT2D eigenvalue weighted by Crippen LogP contribution is -2.38. The highest BCUT2D eigenvalue weighted by molar-refractivity contribution is 8.15. The van der Waals surface area contributed by atoms with Crippen LogP contribution >= 0.6 is 11.8 Å².